The Balaban J connectivity index is 4.06. The molecule has 0 aliphatic rings. The number of ether oxygens (including phenoxy) is 1. The van der Waals surface area contributed by atoms with Crippen molar-refractivity contribution in [3.63, 3.8) is 0 Å². The fraction of sp³-hybridized carbons (Fsp3) is 0.875. The Morgan fingerprint density at radius 3 is 2.23 bits per heavy atom. The first-order chi connectivity index (χ1) is 10.2. The summed E-state index contributed by atoms with van der Waals surface area (Å²) in [7, 11) is 0. The molecule has 0 aromatic rings. The highest BCUT2D eigenvalue weighted by molar-refractivity contribution is 5.77. The maximum atomic E-state index is 11.7. The molecule has 0 saturated heterocycles. The number of alkyl carbamates (subject to hydrolysis) is 1. The van der Waals surface area contributed by atoms with Crippen molar-refractivity contribution in [2.24, 2.45) is 11.8 Å². The van der Waals surface area contributed by atoms with Gasteiger partial charge in [-0.3, -0.25) is 4.79 Å². The van der Waals surface area contributed by atoms with Gasteiger partial charge in [0, 0.05) is 19.6 Å². The molecule has 0 rings (SSSR count). The van der Waals surface area contributed by atoms with Crippen LogP contribution >= 0.6 is 0 Å². The number of nitrogens with one attached hydrogen (secondary N) is 3. The normalized spacial score (nSPS) is 12.9. The van der Waals surface area contributed by atoms with Crippen molar-refractivity contribution in [3.05, 3.63) is 0 Å². The van der Waals surface area contributed by atoms with Gasteiger partial charge in [-0.25, -0.2) is 4.79 Å². The molecule has 0 aliphatic heterocycles. The largest absolute Gasteiger partial charge is 0.444 e. The molecule has 0 bridgehead atoms. The van der Waals surface area contributed by atoms with Crippen LogP contribution < -0.4 is 16.0 Å². The molecule has 3 N–H and O–H groups in total. The molecule has 0 radical (unpaired) electrons. The van der Waals surface area contributed by atoms with Gasteiger partial charge in [-0.15, -0.1) is 0 Å². The van der Waals surface area contributed by atoms with Crippen molar-refractivity contribution in [1.82, 2.24) is 16.0 Å². The van der Waals surface area contributed by atoms with Crippen LogP contribution in [0, 0.1) is 11.8 Å². The van der Waals surface area contributed by atoms with Crippen LogP contribution in [0.3, 0.4) is 0 Å². The number of hydrogen-bond acceptors (Lipinski definition) is 4. The van der Waals surface area contributed by atoms with E-state index < -0.39 is 11.7 Å². The molecule has 6 nitrogen and oxygen atoms in total. The van der Waals surface area contributed by atoms with E-state index in [2.05, 4.69) is 29.8 Å². The summed E-state index contributed by atoms with van der Waals surface area (Å²) in [6, 6.07) is 0. The lowest BCUT2D eigenvalue weighted by atomic mass is 9.96. The molecule has 0 aromatic heterocycles. The maximum Gasteiger partial charge on any atom is 0.407 e. The van der Waals surface area contributed by atoms with Crippen molar-refractivity contribution in [2.75, 3.05) is 26.2 Å². The molecule has 0 aromatic carbocycles. The summed E-state index contributed by atoms with van der Waals surface area (Å²) < 4.78 is 5.22. The zero-order chi connectivity index (χ0) is 17.2. The van der Waals surface area contributed by atoms with Crippen LogP contribution in [-0.2, 0) is 9.53 Å². The summed E-state index contributed by atoms with van der Waals surface area (Å²) in [6.07, 6.45) is 0.527. The van der Waals surface area contributed by atoms with E-state index in [1.165, 1.54) is 0 Å². The number of hydrogen-bond donors (Lipinski definition) is 3. The summed E-state index contributed by atoms with van der Waals surface area (Å²) in [5.74, 6) is 0.636. The zero-order valence-electron chi connectivity index (χ0n) is 14.9. The van der Waals surface area contributed by atoms with E-state index in [9.17, 15) is 9.59 Å². The molecular formula is C16H33N3O3. The third-order valence-electron chi connectivity index (χ3n) is 3.11. The van der Waals surface area contributed by atoms with E-state index in [1.807, 2.05) is 27.7 Å². The van der Waals surface area contributed by atoms with Crippen LogP contribution in [0.5, 0.6) is 0 Å². The van der Waals surface area contributed by atoms with Gasteiger partial charge in [0.1, 0.15) is 5.60 Å². The van der Waals surface area contributed by atoms with Crippen LogP contribution in [-0.4, -0.2) is 43.8 Å². The second-order valence-corrected chi connectivity index (χ2v) is 6.87. The van der Waals surface area contributed by atoms with Crippen molar-refractivity contribution >= 4 is 12.0 Å². The van der Waals surface area contributed by atoms with Gasteiger partial charge in [0.15, 0.2) is 0 Å². The average molecular weight is 315 g/mol. The number of amides is 2. The fourth-order valence-corrected chi connectivity index (χ4v) is 1.77. The Bertz CT molecular complexity index is 338. The van der Waals surface area contributed by atoms with Crippen molar-refractivity contribution in [2.45, 2.75) is 53.6 Å². The zero-order valence-corrected chi connectivity index (χ0v) is 14.9. The van der Waals surface area contributed by atoms with Crippen molar-refractivity contribution in [1.29, 1.82) is 0 Å². The Labute approximate surface area is 134 Å². The minimum atomic E-state index is -0.493. The molecule has 0 fully saturated rings. The van der Waals surface area contributed by atoms with Gasteiger partial charge in [0.2, 0.25) is 5.91 Å². The van der Waals surface area contributed by atoms with E-state index in [4.69, 9.17) is 4.74 Å². The molecule has 1 atom stereocenters. The van der Waals surface area contributed by atoms with E-state index in [0.717, 1.165) is 6.42 Å². The predicted octanol–water partition coefficient (Wildman–Crippen LogP) is 1.90. The quantitative estimate of drug-likeness (QED) is 0.607. The van der Waals surface area contributed by atoms with Crippen LogP contribution in [0.25, 0.3) is 0 Å². The molecule has 1 unspecified atom stereocenters. The average Bonchev–Trinajstić information content (AvgIpc) is 2.37. The fourth-order valence-electron chi connectivity index (χ4n) is 1.77. The predicted molar refractivity (Wildman–Crippen MR) is 88.7 cm³/mol. The van der Waals surface area contributed by atoms with Gasteiger partial charge < -0.3 is 20.7 Å². The molecule has 22 heavy (non-hydrogen) atoms. The minimum absolute atomic E-state index is 0.00413. The van der Waals surface area contributed by atoms with Gasteiger partial charge in [-0.2, -0.15) is 0 Å². The van der Waals surface area contributed by atoms with Gasteiger partial charge >= 0.3 is 6.09 Å². The second-order valence-electron chi connectivity index (χ2n) is 6.87. The highest BCUT2D eigenvalue weighted by atomic mass is 16.6. The van der Waals surface area contributed by atoms with Crippen LogP contribution in [0.15, 0.2) is 0 Å². The molecule has 0 spiro atoms. The van der Waals surface area contributed by atoms with Crippen molar-refractivity contribution in [3.8, 4) is 0 Å². The Hall–Kier alpha value is -1.30. The van der Waals surface area contributed by atoms with Gasteiger partial charge in [0.25, 0.3) is 0 Å². The van der Waals surface area contributed by atoms with Gasteiger partial charge in [0.05, 0.1) is 6.54 Å². The Kier molecular flexibility index (Phi) is 9.81. The topological polar surface area (TPSA) is 79.5 Å². The Morgan fingerprint density at radius 2 is 1.73 bits per heavy atom. The van der Waals surface area contributed by atoms with E-state index in [-0.39, 0.29) is 11.8 Å². The molecule has 0 saturated carbocycles. The summed E-state index contributed by atoms with van der Waals surface area (Å²) >= 11 is 0. The summed E-state index contributed by atoms with van der Waals surface area (Å²) in [5, 5.41) is 8.75. The number of carbonyl (C=O) groups is 2. The van der Waals surface area contributed by atoms with Gasteiger partial charge in [-0.1, -0.05) is 20.8 Å². The third kappa shape index (κ3) is 11.4. The highest BCUT2D eigenvalue weighted by Crippen LogP contribution is 2.10. The standard InChI is InChI=1S/C16H33N3O3/c1-7-8-18-14(20)11-17-9-13(12(2)3)10-19-15(21)22-16(4,5)6/h12-13,17H,7-11H2,1-6H3,(H,18,20)(H,19,21). The molecule has 0 heterocycles. The first-order valence-corrected chi connectivity index (χ1v) is 8.10. The summed E-state index contributed by atoms with van der Waals surface area (Å²) in [4.78, 5) is 23.2. The molecule has 0 aliphatic carbocycles. The number of carbonyl (C=O) groups excluding carboxylic acids is 2. The van der Waals surface area contributed by atoms with Crippen LogP contribution in [0.1, 0.15) is 48.0 Å². The van der Waals surface area contributed by atoms with E-state index in [1.54, 1.807) is 0 Å². The molecule has 6 heteroatoms. The molecule has 2 amide bonds. The van der Waals surface area contributed by atoms with Crippen LogP contribution in [0.2, 0.25) is 0 Å². The smallest absolute Gasteiger partial charge is 0.407 e. The third-order valence-corrected chi connectivity index (χ3v) is 3.11. The van der Waals surface area contributed by atoms with Crippen LogP contribution in [0.4, 0.5) is 4.79 Å². The molecule has 130 valence electrons. The maximum absolute atomic E-state index is 11.7. The second kappa shape index (κ2) is 10.4. The first-order valence-electron chi connectivity index (χ1n) is 8.10. The SMILES string of the molecule is CCCNC(=O)CNCC(CNC(=O)OC(C)(C)C)C(C)C. The lowest BCUT2D eigenvalue weighted by Crippen LogP contribution is -2.42. The summed E-state index contributed by atoms with van der Waals surface area (Å²) in [6.45, 7) is 13.9. The van der Waals surface area contributed by atoms with E-state index in [0.29, 0.717) is 32.1 Å². The molecular weight excluding hydrogens is 282 g/mol. The lowest BCUT2D eigenvalue weighted by molar-refractivity contribution is -0.120. The number of rotatable bonds is 9. The monoisotopic (exact) mass is 315 g/mol. The minimum Gasteiger partial charge on any atom is -0.444 e. The van der Waals surface area contributed by atoms with Crippen molar-refractivity contribution < 1.29 is 14.3 Å². The lowest BCUT2D eigenvalue weighted by Gasteiger charge is -2.24. The van der Waals surface area contributed by atoms with E-state index >= 15 is 0 Å². The summed E-state index contributed by atoms with van der Waals surface area (Å²) in [5.41, 5.74) is -0.493. The first kappa shape index (κ1) is 20.7. The highest BCUT2D eigenvalue weighted by Gasteiger charge is 2.19. The van der Waals surface area contributed by atoms with Gasteiger partial charge in [-0.05, 0) is 39.0 Å². The Morgan fingerprint density at radius 1 is 1.09 bits per heavy atom.